The zero-order valence-electron chi connectivity index (χ0n) is 8.59. The Bertz CT molecular complexity index is 330. The molecule has 0 unspecified atom stereocenters. The van der Waals surface area contributed by atoms with Crippen molar-refractivity contribution in [2.75, 3.05) is 19.6 Å². The highest BCUT2D eigenvalue weighted by molar-refractivity contribution is 6.33. The molecule has 0 spiro atoms. The van der Waals surface area contributed by atoms with Crippen molar-refractivity contribution in [1.82, 2.24) is 15.6 Å². The number of carbonyl (C=O) groups excluding carboxylic acids is 1. The van der Waals surface area contributed by atoms with Crippen LogP contribution < -0.4 is 10.6 Å². The van der Waals surface area contributed by atoms with Crippen LogP contribution in [0, 0.1) is 0 Å². The Morgan fingerprint density at radius 1 is 1.53 bits per heavy atom. The topological polar surface area (TPSA) is 54.0 Å². The van der Waals surface area contributed by atoms with E-state index in [-0.39, 0.29) is 5.91 Å². The number of nitrogens with one attached hydrogen (secondary N) is 2. The summed E-state index contributed by atoms with van der Waals surface area (Å²) in [7, 11) is 0. The molecule has 1 rings (SSSR count). The molecule has 0 bridgehead atoms. The Morgan fingerprint density at radius 2 is 2.33 bits per heavy atom. The Morgan fingerprint density at radius 3 is 3.00 bits per heavy atom. The predicted molar refractivity (Wildman–Crippen MR) is 60.1 cm³/mol. The van der Waals surface area contributed by atoms with Crippen molar-refractivity contribution in [3.8, 4) is 0 Å². The van der Waals surface area contributed by atoms with Gasteiger partial charge in [0.05, 0.1) is 10.6 Å². The predicted octanol–water partition coefficient (Wildman–Crippen LogP) is 1.07. The number of carbonyl (C=O) groups is 1. The van der Waals surface area contributed by atoms with Gasteiger partial charge in [0.1, 0.15) is 0 Å². The summed E-state index contributed by atoms with van der Waals surface area (Å²) in [6.07, 6.45) is 3.01. The van der Waals surface area contributed by atoms with Crippen molar-refractivity contribution < 1.29 is 4.79 Å². The molecular formula is C10H14ClN3O. The van der Waals surface area contributed by atoms with Crippen LogP contribution >= 0.6 is 11.6 Å². The normalized spacial score (nSPS) is 10.0. The van der Waals surface area contributed by atoms with E-state index >= 15 is 0 Å². The molecule has 0 saturated carbocycles. The molecule has 0 radical (unpaired) electrons. The zero-order chi connectivity index (χ0) is 11.1. The summed E-state index contributed by atoms with van der Waals surface area (Å²) in [6, 6.07) is 1.60. The molecule has 1 amide bonds. The summed E-state index contributed by atoms with van der Waals surface area (Å²) in [5, 5.41) is 6.24. The van der Waals surface area contributed by atoms with E-state index < -0.39 is 0 Å². The number of aromatic nitrogens is 1. The van der Waals surface area contributed by atoms with Gasteiger partial charge in [0.15, 0.2) is 0 Å². The molecule has 0 aromatic carbocycles. The molecule has 1 aromatic rings. The van der Waals surface area contributed by atoms with Crippen LogP contribution in [0.25, 0.3) is 0 Å². The van der Waals surface area contributed by atoms with Gasteiger partial charge >= 0.3 is 0 Å². The lowest BCUT2D eigenvalue weighted by atomic mass is 10.2. The number of pyridine rings is 1. The Balaban J connectivity index is 2.44. The lowest BCUT2D eigenvalue weighted by Crippen LogP contribution is -2.31. The maximum Gasteiger partial charge on any atom is 0.252 e. The van der Waals surface area contributed by atoms with Crippen molar-refractivity contribution in [2.24, 2.45) is 0 Å². The van der Waals surface area contributed by atoms with E-state index in [0.29, 0.717) is 17.1 Å². The molecule has 0 saturated heterocycles. The smallest absolute Gasteiger partial charge is 0.252 e. The number of hydrogen-bond acceptors (Lipinski definition) is 3. The number of hydrogen-bond donors (Lipinski definition) is 2. The maximum absolute atomic E-state index is 11.6. The van der Waals surface area contributed by atoms with Crippen LogP contribution in [0.3, 0.4) is 0 Å². The van der Waals surface area contributed by atoms with E-state index in [1.807, 2.05) is 6.92 Å². The van der Waals surface area contributed by atoms with E-state index in [4.69, 9.17) is 11.6 Å². The summed E-state index contributed by atoms with van der Waals surface area (Å²) in [6.45, 7) is 4.25. The molecule has 0 atom stereocenters. The van der Waals surface area contributed by atoms with Gasteiger partial charge in [0.2, 0.25) is 0 Å². The largest absolute Gasteiger partial charge is 0.351 e. The molecule has 1 aromatic heterocycles. The number of likely N-dealkylation sites (N-methyl/N-ethyl adjacent to an activating group) is 1. The minimum Gasteiger partial charge on any atom is -0.351 e. The summed E-state index contributed by atoms with van der Waals surface area (Å²) in [5.41, 5.74) is 0.461. The highest BCUT2D eigenvalue weighted by Gasteiger charge is 2.08. The van der Waals surface area contributed by atoms with Crippen molar-refractivity contribution >= 4 is 17.5 Å². The molecule has 4 nitrogen and oxygen atoms in total. The monoisotopic (exact) mass is 227 g/mol. The standard InChI is InChI=1S/C10H14ClN3O/c1-2-12-5-6-14-10(15)8-3-4-13-7-9(8)11/h3-4,7,12H,2,5-6H2,1H3,(H,14,15). The van der Waals surface area contributed by atoms with Gasteiger partial charge in [0, 0.05) is 25.5 Å². The second-order valence-electron chi connectivity index (χ2n) is 2.96. The molecule has 0 aliphatic carbocycles. The Kier molecular flexibility index (Phi) is 5.07. The van der Waals surface area contributed by atoms with Crippen LogP contribution in [-0.2, 0) is 0 Å². The molecule has 15 heavy (non-hydrogen) atoms. The highest BCUT2D eigenvalue weighted by Crippen LogP contribution is 2.12. The second-order valence-corrected chi connectivity index (χ2v) is 3.37. The van der Waals surface area contributed by atoms with Crippen LogP contribution in [0.1, 0.15) is 17.3 Å². The molecule has 2 N–H and O–H groups in total. The van der Waals surface area contributed by atoms with E-state index in [1.54, 1.807) is 12.3 Å². The average molecular weight is 228 g/mol. The van der Waals surface area contributed by atoms with Crippen molar-refractivity contribution in [3.05, 3.63) is 29.0 Å². The van der Waals surface area contributed by atoms with Gasteiger partial charge in [-0.25, -0.2) is 0 Å². The number of rotatable bonds is 5. The molecular weight excluding hydrogens is 214 g/mol. The average Bonchev–Trinajstić information content (AvgIpc) is 2.25. The fraction of sp³-hybridized carbons (Fsp3) is 0.400. The van der Waals surface area contributed by atoms with Gasteiger partial charge in [-0.15, -0.1) is 0 Å². The van der Waals surface area contributed by atoms with Crippen molar-refractivity contribution in [2.45, 2.75) is 6.92 Å². The summed E-state index contributed by atoms with van der Waals surface area (Å²) < 4.78 is 0. The lowest BCUT2D eigenvalue weighted by molar-refractivity contribution is 0.0954. The number of amides is 1. The van der Waals surface area contributed by atoms with Crippen molar-refractivity contribution in [1.29, 1.82) is 0 Å². The minimum atomic E-state index is -0.166. The fourth-order valence-electron chi connectivity index (χ4n) is 1.10. The third-order valence-electron chi connectivity index (χ3n) is 1.85. The van der Waals surface area contributed by atoms with E-state index in [9.17, 15) is 4.79 Å². The minimum absolute atomic E-state index is 0.166. The van der Waals surface area contributed by atoms with Gasteiger partial charge in [0.25, 0.3) is 5.91 Å². The molecule has 1 heterocycles. The molecule has 0 fully saturated rings. The van der Waals surface area contributed by atoms with E-state index in [2.05, 4.69) is 15.6 Å². The first-order valence-electron chi connectivity index (χ1n) is 4.84. The van der Waals surface area contributed by atoms with Crippen LogP contribution in [-0.4, -0.2) is 30.5 Å². The molecule has 0 aliphatic rings. The van der Waals surface area contributed by atoms with Crippen LogP contribution in [0.2, 0.25) is 5.02 Å². The summed E-state index contributed by atoms with van der Waals surface area (Å²) in [4.78, 5) is 15.4. The maximum atomic E-state index is 11.6. The SMILES string of the molecule is CCNCCNC(=O)c1ccncc1Cl. The van der Waals surface area contributed by atoms with Gasteiger partial charge < -0.3 is 10.6 Å². The zero-order valence-corrected chi connectivity index (χ0v) is 9.34. The third kappa shape index (κ3) is 3.85. The van der Waals surface area contributed by atoms with Gasteiger partial charge in [-0.3, -0.25) is 9.78 Å². The highest BCUT2D eigenvalue weighted by atomic mass is 35.5. The number of nitrogens with zero attached hydrogens (tertiary/aromatic N) is 1. The van der Waals surface area contributed by atoms with Gasteiger partial charge in [-0.2, -0.15) is 0 Å². The first kappa shape index (κ1) is 11.9. The summed E-state index contributed by atoms with van der Waals surface area (Å²) >= 11 is 5.82. The van der Waals surface area contributed by atoms with Crippen LogP contribution in [0.5, 0.6) is 0 Å². The third-order valence-corrected chi connectivity index (χ3v) is 2.16. The van der Waals surface area contributed by atoms with Gasteiger partial charge in [-0.05, 0) is 12.6 Å². The summed E-state index contributed by atoms with van der Waals surface area (Å²) in [5.74, 6) is -0.166. The van der Waals surface area contributed by atoms with Crippen LogP contribution in [0.4, 0.5) is 0 Å². The molecule has 0 aliphatic heterocycles. The Labute approximate surface area is 94.0 Å². The number of halogens is 1. The first-order valence-corrected chi connectivity index (χ1v) is 5.22. The fourth-order valence-corrected chi connectivity index (χ4v) is 1.30. The quantitative estimate of drug-likeness (QED) is 0.740. The molecule has 5 heteroatoms. The first-order chi connectivity index (χ1) is 7.25. The van der Waals surface area contributed by atoms with Gasteiger partial charge in [-0.1, -0.05) is 18.5 Å². The van der Waals surface area contributed by atoms with E-state index in [1.165, 1.54) is 6.20 Å². The lowest BCUT2D eigenvalue weighted by Gasteiger charge is -2.06. The Hall–Kier alpha value is -1.13. The van der Waals surface area contributed by atoms with Crippen LogP contribution in [0.15, 0.2) is 18.5 Å². The van der Waals surface area contributed by atoms with Crippen molar-refractivity contribution in [3.63, 3.8) is 0 Å². The molecule has 82 valence electrons. The second kappa shape index (κ2) is 6.37. The van der Waals surface area contributed by atoms with E-state index in [0.717, 1.165) is 13.1 Å².